The Balaban J connectivity index is 2.98. The quantitative estimate of drug-likeness (QED) is 0.302. The Kier molecular flexibility index (Phi) is 3.40. The van der Waals surface area contributed by atoms with Gasteiger partial charge in [0, 0.05) is 12.2 Å². The van der Waals surface area contributed by atoms with Crippen LogP contribution in [0.2, 0.25) is 0 Å². The van der Waals surface area contributed by atoms with E-state index < -0.39 is 0 Å². The van der Waals surface area contributed by atoms with Gasteiger partial charge in [-0.3, -0.25) is 4.99 Å². The highest BCUT2D eigenvalue weighted by molar-refractivity contribution is 5.96. The first-order valence-corrected chi connectivity index (χ1v) is 4.23. The van der Waals surface area contributed by atoms with Crippen molar-refractivity contribution < 1.29 is 0 Å². The minimum absolute atomic E-state index is 0.631. The average Bonchev–Trinajstić information content (AvgIpc) is 2.14. The number of aromatic nitrogens is 1. The Hall–Kier alpha value is -1.42. The third kappa shape index (κ3) is 2.52. The number of pyridine rings is 1. The van der Waals surface area contributed by atoms with Gasteiger partial charge in [0.25, 0.3) is 0 Å². The number of hydrazine groups is 1. The fourth-order valence-electron chi connectivity index (χ4n) is 1.03. The van der Waals surface area contributed by atoms with Crippen LogP contribution >= 0.6 is 0 Å². The van der Waals surface area contributed by atoms with E-state index in [0.29, 0.717) is 12.4 Å². The van der Waals surface area contributed by atoms with Gasteiger partial charge in [-0.05, 0) is 26.0 Å². The van der Waals surface area contributed by atoms with E-state index in [-0.39, 0.29) is 0 Å². The zero-order valence-corrected chi connectivity index (χ0v) is 7.91. The lowest BCUT2D eigenvalue weighted by molar-refractivity contribution is 0.976. The van der Waals surface area contributed by atoms with Crippen LogP contribution in [0.25, 0.3) is 0 Å². The number of hydrogen-bond donors (Lipinski definition) is 2. The third-order valence-electron chi connectivity index (χ3n) is 1.58. The van der Waals surface area contributed by atoms with Gasteiger partial charge in [-0.25, -0.2) is 10.8 Å². The summed E-state index contributed by atoms with van der Waals surface area (Å²) in [4.78, 5) is 8.46. The van der Waals surface area contributed by atoms with Gasteiger partial charge >= 0.3 is 0 Å². The summed E-state index contributed by atoms with van der Waals surface area (Å²) in [6, 6.07) is 5.74. The average molecular weight is 178 g/mol. The lowest BCUT2D eigenvalue weighted by Gasteiger charge is -2.04. The van der Waals surface area contributed by atoms with Crippen LogP contribution < -0.4 is 11.3 Å². The maximum Gasteiger partial charge on any atom is 0.161 e. The summed E-state index contributed by atoms with van der Waals surface area (Å²) in [6.45, 7) is 4.58. The molecule has 0 aliphatic heterocycles. The molecule has 0 radical (unpaired) electrons. The van der Waals surface area contributed by atoms with Gasteiger partial charge in [-0.1, -0.05) is 6.07 Å². The number of amidine groups is 1. The van der Waals surface area contributed by atoms with E-state index >= 15 is 0 Å². The van der Waals surface area contributed by atoms with Crippen LogP contribution in [0, 0.1) is 6.92 Å². The molecule has 0 atom stereocenters. The Morgan fingerprint density at radius 1 is 1.62 bits per heavy atom. The summed E-state index contributed by atoms with van der Waals surface area (Å²) < 4.78 is 0. The van der Waals surface area contributed by atoms with Gasteiger partial charge in [-0.2, -0.15) is 0 Å². The molecule has 13 heavy (non-hydrogen) atoms. The van der Waals surface area contributed by atoms with Gasteiger partial charge < -0.3 is 5.43 Å². The molecule has 3 N–H and O–H groups in total. The first kappa shape index (κ1) is 9.67. The van der Waals surface area contributed by atoms with Gasteiger partial charge in [0.1, 0.15) is 5.69 Å². The number of aryl methyl sites for hydroxylation is 1. The van der Waals surface area contributed by atoms with Crippen LogP contribution in [-0.2, 0) is 0 Å². The normalized spacial score (nSPS) is 11.5. The molecule has 0 fully saturated rings. The SMILES string of the molecule is CCN=C(NN)c1cccc(C)n1. The summed E-state index contributed by atoms with van der Waals surface area (Å²) in [5, 5.41) is 0. The topological polar surface area (TPSA) is 63.3 Å². The van der Waals surface area contributed by atoms with Crippen molar-refractivity contribution in [3.63, 3.8) is 0 Å². The molecular formula is C9H14N4. The number of aliphatic imine (C=N–C) groups is 1. The maximum absolute atomic E-state index is 5.32. The summed E-state index contributed by atoms with van der Waals surface area (Å²) >= 11 is 0. The van der Waals surface area contributed by atoms with Crippen LogP contribution in [0.4, 0.5) is 0 Å². The number of rotatable bonds is 2. The highest BCUT2D eigenvalue weighted by atomic mass is 15.3. The lowest BCUT2D eigenvalue weighted by Crippen LogP contribution is -2.32. The predicted octanol–water partition coefficient (Wildman–Crippen LogP) is 0.620. The van der Waals surface area contributed by atoms with Crippen LogP contribution in [0.1, 0.15) is 18.3 Å². The monoisotopic (exact) mass is 178 g/mol. The Bertz CT molecular complexity index is 306. The number of nitrogens with one attached hydrogen (secondary N) is 1. The van der Waals surface area contributed by atoms with E-state index in [1.807, 2.05) is 32.0 Å². The zero-order valence-electron chi connectivity index (χ0n) is 7.91. The molecular weight excluding hydrogens is 164 g/mol. The van der Waals surface area contributed by atoms with Gasteiger partial charge in [0.15, 0.2) is 5.84 Å². The summed E-state index contributed by atoms with van der Waals surface area (Å²) in [5.74, 6) is 5.95. The van der Waals surface area contributed by atoms with Gasteiger partial charge in [0.2, 0.25) is 0 Å². The van der Waals surface area contributed by atoms with Crippen molar-refractivity contribution in [1.82, 2.24) is 10.4 Å². The smallest absolute Gasteiger partial charge is 0.161 e. The summed E-state index contributed by atoms with van der Waals surface area (Å²) in [5.41, 5.74) is 4.27. The van der Waals surface area contributed by atoms with E-state index in [9.17, 15) is 0 Å². The van der Waals surface area contributed by atoms with E-state index in [1.165, 1.54) is 0 Å². The van der Waals surface area contributed by atoms with E-state index in [0.717, 1.165) is 11.4 Å². The molecule has 0 bridgehead atoms. The van der Waals surface area contributed by atoms with Crippen molar-refractivity contribution in [1.29, 1.82) is 0 Å². The molecule has 4 nitrogen and oxygen atoms in total. The van der Waals surface area contributed by atoms with E-state index in [4.69, 9.17) is 5.84 Å². The minimum atomic E-state index is 0.631. The zero-order chi connectivity index (χ0) is 9.68. The largest absolute Gasteiger partial charge is 0.307 e. The molecule has 0 spiro atoms. The Labute approximate surface area is 77.9 Å². The first-order chi connectivity index (χ1) is 6.27. The molecule has 0 aliphatic rings. The predicted molar refractivity (Wildman–Crippen MR) is 53.4 cm³/mol. The first-order valence-electron chi connectivity index (χ1n) is 4.23. The van der Waals surface area contributed by atoms with Crippen molar-refractivity contribution in [2.75, 3.05) is 6.54 Å². The molecule has 0 amide bonds. The van der Waals surface area contributed by atoms with E-state index in [1.54, 1.807) is 0 Å². The lowest BCUT2D eigenvalue weighted by atomic mass is 10.3. The van der Waals surface area contributed by atoms with Crippen LogP contribution in [-0.4, -0.2) is 17.4 Å². The molecule has 1 heterocycles. The maximum atomic E-state index is 5.32. The van der Waals surface area contributed by atoms with Gasteiger partial charge in [-0.15, -0.1) is 0 Å². The van der Waals surface area contributed by atoms with Gasteiger partial charge in [0.05, 0.1) is 0 Å². The van der Waals surface area contributed by atoms with Crippen molar-refractivity contribution in [3.05, 3.63) is 29.6 Å². The third-order valence-corrected chi connectivity index (χ3v) is 1.58. The molecule has 70 valence electrons. The van der Waals surface area contributed by atoms with Crippen LogP contribution in [0.15, 0.2) is 23.2 Å². The molecule has 0 aromatic carbocycles. The second-order valence-electron chi connectivity index (χ2n) is 2.63. The standard InChI is InChI=1S/C9H14N4/c1-3-11-9(13-10)8-6-4-5-7(2)12-8/h4-6H,3,10H2,1-2H3,(H,11,13). The van der Waals surface area contributed by atoms with E-state index in [2.05, 4.69) is 15.4 Å². The fourth-order valence-corrected chi connectivity index (χ4v) is 1.03. The highest BCUT2D eigenvalue weighted by Gasteiger charge is 2.01. The molecule has 0 aliphatic carbocycles. The second-order valence-corrected chi connectivity index (χ2v) is 2.63. The summed E-state index contributed by atoms with van der Waals surface area (Å²) in [7, 11) is 0. The molecule has 1 aromatic rings. The van der Waals surface area contributed by atoms with Crippen LogP contribution in [0.5, 0.6) is 0 Å². The Morgan fingerprint density at radius 3 is 2.92 bits per heavy atom. The minimum Gasteiger partial charge on any atom is -0.307 e. The van der Waals surface area contributed by atoms with Crippen molar-refractivity contribution in [3.8, 4) is 0 Å². The van der Waals surface area contributed by atoms with Crippen LogP contribution in [0.3, 0.4) is 0 Å². The fraction of sp³-hybridized carbons (Fsp3) is 0.333. The number of hydrogen-bond acceptors (Lipinski definition) is 3. The molecule has 0 saturated carbocycles. The summed E-state index contributed by atoms with van der Waals surface area (Å²) in [6.07, 6.45) is 0. The molecule has 0 saturated heterocycles. The van der Waals surface area contributed by atoms with Crippen molar-refractivity contribution >= 4 is 5.84 Å². The number of nitrogens with zero attached hydrogens (tertiary/aromatic N) is 2. The number of nitrogens with two attached hydrogens (primary N) is 1. The molecule has 1 aromatic heterocycles. The van der Waals surface area contributed by atoms with Crippen molar-refractivity contribution in [2.24, 2.45) is 10.8 Å². The highest BCUT2D eigenvalue weighted by Crippen LogP contribution is 1.98. The van der Waals surface area contributed by atoms with Crippen molar-refractivity contribution in [2.45, 2.75) is 13.8 Å². The molecule has 1 rings (SSSR count). The Morgan fingerprint density at radius 2 is 2.38 bits per heavy atom. The molecule has 0 unspecified atom stereocenters. The second kappa shape index (κ2) is 4.57. The molecule has 4 heteroatoms.